The number of aromatic nitrogens is 2. The highest BCUT2D eigenvalue weighted by Gasteiger charge is 2.17. The highest BCUT2D eigenvalue weighted by Crippen LogP contribution is 2.27. The summed E-state index contributed by atoms with van der Waals surface area (Å²) in [5, 5.41) is 12.4. The molecule has 0 bridgehead atoms. The molecule has 1 N–H and O–H groups in total. The van der Waals surface area contributed by atoms with Gasteiger partial charge in [-0.3, -0.25) is 9.69 Å². The van der Waals surface area contributed by atoms with Crippen LogP contribution in [0.25, 0.3) is 11.5 Å². The lowest BCUT2D eigenvalue weighted by atomic mass is 10.2. The van der Waals surface area contributed by atoms with E-state index >= 15 is 0 Å². The lowest BCUT2D eigenvalue weighted by Gasteiger charge is -2.19. The van der Waals surface area contributed by atoms with Crippen LogP contribution in [0, 0.1) is 0 Å². The summed E-state index contributed by atoms with van der Waals surface area (Å²) >= 11 is 18.2. The number of anilines is 1. The number of carbonyl (C=O) groups is 1. The molecule has 0 aliphatic heterocycles. The molecule has 0 atom stereocenters. The summed E-state index contributed by atoms with van der Waals surface area (Å²) in [6.07, 6.45) is 0.862. The molecule has 29 heavy (non-hydrogen) atoms. The van der Waals surface area contributed by atoms with Crippen molar-refractivity contribution in [3.05, 3.63) is 63.4 Å². The normalized spacial score (nSPS) is 11.1. The lowest BCUT2D eigenvalue weighted by molar-refractivity contribution is -0.117. The monoisotopic (exact) mass is 452 g/mol. The molecular weight excluding hydrogens is 435 g/mol. The van der Waals surface area contributed by atoms with Crippen molar-refractivity contribution in [1.29, 1.82) is 0 Å². The maximum Gasteiger partial charge on any atom is 0.249 e. The first-order chi connectivity index (χ1) is 14.0. The topological polar surface area (TPSA) is 71.3 Å². The average molecular weight is 454 g/mol. The number of benzene rings is 2. The van der Waals surface area contributed by atoms with Gasteiger partial charge < -0.3 is 9.73 Å². The van der Waals surface area contributed by atoms with Crippen LogP contribution in [-0.4, -0.2) is 34.1 Å². The maximum absolute atomic E-state index is 12.5. The average Bonchev–Trinajstić information content (AvgIpc) is 3.13. The van der Waals surface area contributed by atoms with Gasteiger partial charge in [0.25, 0.3) is 0 Å². The molecule has 0 spiro atoms. The Balaban J connectivity index is 1.66. The lowest BCUT2D eigenvalue weighted by Crippen LogP contribution is -2.33. The van der Waals surface area contributed by atoms with Crippen molar-refractivity contribution in [3.8, 4) is 11.5 Å². The third kappa shape index (κ3) is 5.93. The fourth-order valence-electron chi connectivity index (χ4n) is 2.77. The number of carbonyl (C=O) groups excluding carboxylic acids is 1. The summed E-state index contributed by atoms with van der Waals surface area (Å²) in [7, 11) is 0. The van der Waals surface area contributed by atoms with Crippen molar-refractivity contribution in [2.45, 2.75) is 19.9 Å². The van der Waals surface area contributed by atoms with Crippen LogP contribution < -0.4 is 5.32 Å². The van der Waals surface area contributed by atoms with Crippen molar-refractivity contribution in [3.63, 3.8) is 0 Å². The number of amides is 1. The second-order valence-corrected chi connectivity index (χ2v) is 7.61. The van der Waals surface area contributed by atoms with Crippen LogP contribution in [0.4, 0.5) is 5.69 Å². The fourth-order valence-corrected chi connectivity index (χ4v) is 3.44. The molecule has 1 amide bonds. The van der Waals surface area contributed by atoms with Crippen LogP contribution >= 0.6 is 34.8 Å². The van der Waals surface area contributed by atoms with Gasteiger partial charge in [-0.1, -0.05) is 53.9 Å². The Bertz CT molecular complexity index is 993. The quantitative estimate of drug-likeness (QED) is 0.484. The molecule has 3 rings (SSSR count). The molecule has 0 aliphatic carbocycles. The second kappa shape index (κ2) is 10.1. The van der Waals surface area contributed by atoms with Gasteiger partial charge >= 0.3 is 0 Å². The van der Waals surface area contributed by atoms with Crippen molar-refractivity contribution in [1.82, 2.24) is 15.1 Å². The highest BCUT2D eigenvalue weighted by atomic mass is 35.5. The first kappa shape index (κ1) is 21.6. The number of nitrogens with one attached hydrogen (secondary N) is 1. The zero-order valence-corrected chi connectivity index (χ0v) is 17.9. The Hall–Kier alpha value is -2.12. The highest BCUT2D eigenvalue weighted by molar-refractivity contribution is 6.36. The van der Waals surface area contributed by atoms with Gasteiger partial charge in [-0.2, -0.15) is 0 Å². The SMILES string of the molecule is CCCN(CC(=O)Nc1ccc(Cl)cc1Cl)Cc1nnc(-c2ccccc2Cl)o1. The van der Waals surface area contributed by atoms with Crippen LogP contribution in [0.2, 0.25) is 15.1 Å². The van der Waals surface area contributed by atoms with E-state index < -0.39 is 0 Å². The minimum absolute atomic E-state index is 0.149. The molecule has 152 valence electrons. The van der Waals surface area contributed by atoms with Gasteiger partial charge in [-0.05, 0) is 43.3 Å². The molecule has 9 heteroatoms. The predicted octanol–water partition coefficient (Wildman–Crippen LogP) is 5.55. The third-order valence-corrected chi connectivity index (χ3v) is 4.92. The van der Waals surface area contributed by atoms with Gasteiger partial charge in [0.15, 0.2) is 0 Å². The first-order valence-electron chi connectivity index (χ1n) is 9.00. The molecule has 0 saturated carbocycles. The number of halogens is 3. The molecule has 0 fully saturated rings. The third-order valence-electron chi connectivity index (χ3n) is 4.04. The van der Waals surface area contributed by atoms with E-state index in [1.54, 1.807) is 24.3 Å². The molecule has 0 aliphatic rings. The molecule has 1 aromatic heterocycles. The van der Waals surface area contributed by atoms with E-state index in [1.165, 1.54) is 0 Å². The molecular formula is C20H19Cl3N4O2. The van der Waals surface area contributed by atoms with Crippen LogP contribution in [0.15, 0.2) is 46.9 Å². The number of nitrogens with zero attached hydrogens (tertiary/aromatic N) is 3. The van der Waals surface area contributed by atoms with Crippen molar-refractivity contribution in [2.75, 3.05) is 18.4 Å². The summed E-state index contributed by atoms with van der Waals surface area (Å²) in [6, 6.07) is 12.2. The predicted molar refractivity (Wildman–Crippen MR) is 115 cm³/mol. The second-order valence-electron chi connectivity index (χ2n) is 6.36. The minimum Gasteiger partial charge on any atom is -0.419 e. The summed E-state index contributed by atoms with van der Waals surface area (Å²) in [6.45, 7) is 3.21. The van der Waals surface area contributed by atoms with E-state index in [9.17, 15) is 4.79 Å². The Morgan fingerprint density at radius 1 is 1.10 bits per heavy atom. The van der Waals surface area contributed by atoms with Crippen LogP contribution in [0.1, 0.15) is 19.2 Å². The molecule has 0 saturated heterocycles. The van der Waals surface area contributed by atoms with Crippen LogP contribution in [0.3, 0.4) is 0 Å². The zero-order chi connectivity index (χ0) is 20.8. The van der Waals surface area contributed by atoms with Crippen LogP contribution in [-0.2, 0) is 11.3 Å². The Kier molecular flexibility index (Phi) is 7.50. The number of rotatable bonds is 8. The molecule has 1 heterocycles. The molecule has 6 nitrogen and oxygen atoms in total. The Morgan fingerprint density at radius 2 is 1.90 bits per heavy atom. The zero-order valence-electron chi connectivity index (χ0n) is 15.7. The van der Waals surface area contributed by atoms with Gasteiger partial charge in [-0.25, -0.2) is 0 Å². The maximum atomic E-state index is 12.5. The van der Waals surface area contributed by atoms with Gasteiger partial charge in [0, 0.05) is 5.02 Å². The summed E-state index contributed by atoms with van der Waals surface area (Å²) in [5.41, 5.74) is 1.18. The first-order valence-corrected chi connectivity index (χ1v) is 10.1. The Labute approximate surface area is 183 Å². The molecule has 0 radical (unpaired) electrons. The van der Waals surface area contributed by atoms with Crippen LogP contribution in [0.5, 0.6) is 0 Å². The summed E-state index contributed by atoms with van der Waals surface area (Å²) < 4.78 is 5.74. The largest absolute Gasteiger partial charge is 0.419 e. The van der Waals surface area contributed by atoms with E-state index in [-0.39, 0.29) is 12.5 Å². The molecule has 3 aromatic rings. The number of hydrogen-bond acceptors (Lipinski definition) is 5. The van der Waals surface area contributed by atoms with Crippen molar-refractivity contribution < 1.29 is 9.21 Å². The van der Waals surface area contributed by atoms with E-state index in [4.69, 9.17) is 39.2 Å². The van der Waals surface area contributed by atoms with Gasteiger partial charge in [-0.15, -0.1) is 10.2 Å². The minimum atomic E-state index is -0.200. The van der Waals surface area contributed by atoms with E-state index in [1.807, 2.05) is 30.0 Å². The van der Waals surface area contributed by atoms with E-state index in [0.717, 1.165) is 6.42 Å². The fraction of sp³-hybridized carbons (Fsp3) is 0.250. The van der Waals surface area contributed by atoms with Crippen molar-refractivity contribution in [2.24, 2.45) is 0 Å². The molecule has 0 unspecified atom stereocenters. The smallest absolute Gasteiger partial charge is 0.249 e. The Morgan fingerprint density at radius 3 is 2.62 bits per heavy atom. The standard InChI is InChI=1S/C20H19Cl3N4O2/c1-2-9-27(11-18(28)24-17-8-7-13(21)10-16(17)23)12-19-25-26-20(29-19)14-5-3-4-6-15(14)22/h3-8,10H,2,9,11-12H2,1H3,(H,24,28). The summed E-state index contributed by atoms with van der Waals surface area (Å²) in [4.78, 5) is 14.4. The van der Waals surface area contributed by atoms with Gasteiger partial charge in [0.1, 0.15) is 0 Å². The van der Waals surface area contributed by atoms with Crippen molar-refractivity contribution >= 4 is 46.4 Å². The van der Waals surface area contributed by atoms with Gasteiger partial charge in [0.2, 0.25) is 17.7 Å². The molecule has 2 aromatic carbocycles. The van der Waals surface area contributed by atoms with E-state index in [2.05, 4.69) is 15.5 Å². The summed E-state index contributed by atoms with van der Waals surface area (Å²) in [5.74, 6) is 0.554. The van der Waals surface area contributed by atoms with E-state index in [0.29, 0.717) is 51.2 Å². The van der Waals surface area contributed by atoms with Gasteiger partial charge in [0.05, 0.1) is 34.4 Å². The number of hydrogen-bond donors (Lipinski definition) is 1.